The molecule has 0 spiro atoms. The fourth-order valence-corrected chi connectivity index (χ4v) is 4.77. The topological polar surface area (TPSA) is 59.4 Å². The zero-order chi connectivity index (χ0) is 21.8. The Labute approximate surface area is 187 Å². The first-order valence-corrected chi connectivity index (χ1v) is 11.7. The molecule has 1 aliphatic rings. The molecule has 4 rings (SSSR count). The minimum Gasteiger partial charge on any atom is -0.377 e. The number of aryl methyl sites for hydroxylation is 2. The first-order chi connectivity index (χ1) is 15.0. The molecule has 0 aliphatic carbocycles. The molecule has 0 bridgehead atoms. The van der Waals surface area contributed by atoms with E-state index < -0.39 is 0 Å². The molecule has 0 saturated carbocycles. The Kier molecular flexibility index (Phi) is 6.85. The van der Waals surface area contributed by atoms with Crippen LogP contribution in [-0.2, 0) is 16.1 Å². The summed E-state index contributed by atoms with van der Waals surface area (Å²) in [6.07, 6.45) is 2.37. The monoisotopic (exact) mass is 438 g/mol. The molecule has 7 heteroatoms. The molecule has 1 saturated heterocycles. The summed E-state index contributed by atoms with van der Waals surface area (Å²) in [7, 11) is 0. The second kappa shape index (κ2) is 9.77. The van der Waals surface area contributed by atoms with Crippen LogP contribution in [0.4, 0.5) is 5.69 Å². The van der Waals surface area contributed by atoms with Gasteiger partial charge < -0.3 is 10.1 Å². The lowest BCUT2D eigenvalue weighted by molar-refractivity contribution is -0.117. The van der Waals surface area contributed by atoms with Gasteiger partial charge in [-0.1, -0.05) is 23.8 Å². The molecule has 1 fully saturated rings. The summed E-state index contributed by atoms with van der Waals surface area (Å²) >= 11 is 1.72. The van der Waals surface area contributed by atoms with E-state index in [1.54, 1.807) is 11.3 Å². The summed E-state index contributed by atoms with van der Waals surface area (Å²) in [5.74, 6) is -0.0239. The number of aromatic nitrogens is 2. The van der Waals surface area contributed by atoms with Crippen LogP contribution in [0.15, 0.2) is 41.8 Å². The lowest BCUT2D eigenvalue weighted by Gasteiger charge is -2.24. The van der Waals surface area contributed by atoms with Gasteiger partial charge in [-0.2, -0.15) is 5.10 Å². The van der Waals surface area contributed by atoms with Crippen LogP contribution in [0.2, 0.25) is 0 Å². The fourth-order valence-electron chi connectivity index (χ4n) is 4.03. The highest BCUT2D eigenvalue weighted by Gasteiger charge is 2.22. The Hall–Kier alpha value is -2.48. The number of anilines is 1. The Morgan fingerprint density at radius 1 is 1.26 bits per heavy atom. The molecule has 0 radical (unpaired) electrons. The van der Waals surface area contributed by atoms with E-state index in [0.717, 1.165) is 55.3 Å². The van der Waals surface area contributed by atoms with Gasteiger partial charge in [0.05, 0.1) is 35.4 Å². The summed E-state index contributed by atoms with van der Waals surface area (Å²) in [5.41, 5.74) is 4.73. The van der Waals surface area contributed by atoms with Crippen LogP contribution < -0.4 is 5.32 Å². The van der Waals surface area contributed by atoms with Crippen molar-refractivity contribution in [2.45, 2.75) is 46.3 Å². The molecule has 1 unspecified atom stereocenters. The lowest BCUT2D eigenvalue weighted by Crippen LogP contribution is -2.37. The van der Waals surface area contributed by atoms with Gasteiger partial charge in [0.2, 0.25) is 5.91 Å². The van der Waals surface area contributed by atoms with Crippen LogP contribution in [0.25, 0.3) is 5.69 Å². The molecule has 1 atom stereocenters. The Morgan fingerprint density at radius 3 is 2.74 bits per heavy atom. The van der Waals surface area contributed by atoms with E-state index in [0.29, 0.717) is 6.54 Å². The summed E-state index contributed by atoms with van der Waals surface area (Å²) in [5, 5.41) is 9.85. The third kappa shape index (κ3) is 5.42. The average molecular weight is 439 g/mol. The minimum atomic E-state index is -0.0239. The number of hydrogen-bond donors (Lipinski definition) is 1. The molecule has 164 valence electrons. The van der Waals surface area contributed by atoms with Gasteiger partial charge in [-0.25, -0.2) is 4.68 Å². The van der Waals surface area contributed by atoms with Gasteiger partial charge in [0.15, 0.2) is 0 Å². The third-order valence-corrected chi connectivity index (χ3v) is 6.51. The van der Waals surface area contributed by atoms with Gasteiger partial charge in [0.1, 0.15) is 0 Å². The lowest BCUT2D eigenvalue weighted by atomic mass is 10.2. The van der Waals surface area contributed by atoms with Crippen LogP contribution in [-0.4, -0.2) is 46.4 Å². The van der Waals surface area contributed by atoms with E-state index in [4.69, 9.17) is 4.74 Å². The normalized spacial score (nSPS) is 16.2. The number of hydrogen-bond acceptors (Lipinski definition) is 5. The Morgan fingerprint density at radius 2 is 2.06 bits per heavy atom. The van der Waals surface area contributed by atoms with E-state index >= 15 is 0 Å². The van der Waals surface area contributed by atoms with Crippen molar-refractivity contribution in [1.29, 1.82) is 0 Å². The molecule has 1 aromatic carbocycles. The molecule has 2 aromatic heterocycles. The smallest absolute Gasteiger partial charge is 0.238 e. The van der Waals surface area contributed by atoms with Gasteiger partial charge in [-0.15, -0.1) is 11.3 Å². The van der Waals surface area contributed by atoms with E-state index in [-0.39, 0.29) is 12.0 Å². The van der Waals surface area contributed by atoms with E-state index in [1.165, 1.54) is 10.4 Å². The van der Waals surface area contributed by atoms with Crippen molar-refractivity contribution in [2.75, 3.05) is 25.0 Å². The maximum absolute atomic E-state index is 13.0. The molecular weight excluding hydrogens is 408 g/mol. The van der Waals surface area contributed by atoms with E-state index in [1.807, 2.05) is 30.7 Å². The highest BCUT2D eigenvalue weighted by atomic mass is 32.1. The average Bonchev–Trinajstić information content (AvgIpc) is 3.49. The maximum atomic E-state index is 13.0. The maximum Gasteiger partial charge on any atom is 0.238 e. The first-order valence-electron chi connectivity index (χ1n) is 10.8. The SMILES string of the molecule is Cc1ccc(-n2nc(C)c(NC(=O)CN(Cc3cccs3)CC3CCCO3)c2C)cc1. The highest BCUT2D eigenvalue weighted by Crippen LogP contribution is 2.23. The van der Waals surface area contributed by atoms with Gasteiger partial charge in [-0.05, 0) is 57.2 Å². The van der Waals surface area contributed by atoms with Crippen molar-refractivity contribution in [3.8, 4) is 5.69 Å². The van der Waals surface area contributed by atoms with Crippen molar-refractivity contribution in [1.82, 2.24) is 14.7 Å². The zero-order valence-corrected chi connectivity index (χ0v) is 19.2. The molecule has 6 nitrogen and oxygen atoms in total. The number of carbonyl (C=O) groups excluding carboxylic acids is 1. The van der Waals surface area contributed by atoms with Gasteiger partial charge in [0.25, 0.3) is 0 Å². The van der Waals surface area contributed by atoms with Crippen molar-refractivity contribution >= 4 is 22.9 Å². The number of nitrogens with one attached hydrogen (secondary N) is 1. The van der Waals surface area contributed by atoms with Crippen LogP contribution in [0, 0.1) is 20.8 Å². The molecule has 1 N–H and O–H groups in total. The number of nitrogens with zero attached hydrogens (tertiary/aromatic N) is 3. The third-order valence-electron chi connectivity index (χ3n) is 5.65. The number of amides is 1. The molecule has 1 amide bonds. The number of carbonyl (C=O) groups is 1. The van der Waals surface area contributed by atoms with Crippen LogP contribution in [0.1, 0.15) is 34.7 Å². The van der Waals surface area contributed by atoms with E-state index in [2.05, 4.69) is 51.9 Å². The number of rotatable bonds is 8. The van der Waals surface area contributed by atoms with Gasteiger partial charge >= 0.3 is 0 Å². The summed E-state index contributed by atoms with van der Waals surface area (Å²) in [6.45, 7) is 8.66. The molecule has 3 heterocycles. The number of benzene rings is 1. The molecular formula is C24H30N4O2S. The number of ether oxygens (including phenoxy) is 1. The predicted octanol–water partition coefficient (Wildman–Crippen LogP) is 4.48. The highest BCUT2D eigenvalue weighted by molar-refractivity contribution is 7.09. The summed E-state index contributed by atoms with van der Waals surface area (Å²) in [4.78, 5) is 16.4. The first kappa shape index (κ1) is 21.7. The Balaban J connectivity index is 1.46. The molecule has 31 heavy (non-hydrogen) atoms. The standard InChI is InChI=1S/C24H30N4O2S/c1-17-8-10-20(11-9-17)28-19(3)24(18(2)26-28)25-23(29)16-27(14-21-6-4-12-30-21)15-22-7-5-13-31-22/h5,7-11,13,21H,4,6,12,14-16H2,1-3H3,(H,25,29). The second-order valence-electron chi connectivity index (χ2n) is 8.23. The second-order valence-corrected chi connectivity index (χ2v) is 9.26. The van der Waals surface area contributed by atoms with Crippen LogP contribution >= 0.6 is 11.3 Å². The van der Waals surface area contributed by atoms with Crippen LogP contribution in [0.3, 0.4) is 0 Å². The van der Waals surface area contributed by atoms with Crippen molar-refractivity contribution in [3.63, 3.8) is 0 Å². The Bertz CT molecular complexity index is 1010. The van der Waals surface area contributed by atoms with E-state index in [9.17, 15) is 4.79 Å². The predicted molar refractivity (Wildman–Crippen MR) is 125 cm³/mol. The van der Waals surface area contributed by atoms with Crippen LogP contribution in [0.5, 0.6) is 0 Å². The van der Waals surface area contributed by atoms with Gasteiger partial charge in [0, 0.05) is 24.6 Å². The number of thiophene rings is 1. The molecule has 1 aliphatic heterocycles. The van der Waals surface area contributed by atoms with Crippen molar-refractivity contribution in [2.24, 2.45) is 0 Å². The van der Waals surface area contributed by atoms with Crippen molar-refractivity contribution < 1.29 is 9.53 Å². The zero-order valence-electron chi connectivity index (χ0n) is 18.4. The van der Waals surface area contributed by atoms with Crippen molar-refractivity contribution in [3.05, 3.63) is 63.6 Å². The summed E-state index contributed by atoms with van der Waals surface area (Å²) in [6, 6.07) is 12.4. The molecule has 3 aromatic rings. The minimum absolute atomic E-state index is 0.0239. The summed E-state index contributed by atoms with van der Waals surface area (Å²) < 4.78 is 7.71. The fraction of sp³-hybridized carbons (Fsp3) is 0.417. The van der Waals surface area contributed by atoms with Gasteiger partial charge in [-0.3, -0.25) is 9.69 Å². The quantitative estimate of drug-likeness (QED) is 0.563. The largest absolute Gasteiger partial charge is 0.377 e.